The molecular weight excluding hydrogens is 582 g/mol. The predicted octanol–water partition coefficient (Wildman–Crippen LogP) is 12.1. The minimum Gasteiger partial charge on any atom is -0.454 e. The first-order valence-corrected chi connectivity index (χ1v) is 15.9. The zero-order valence-corrected chi connectivity index (χ0v) is 25.7. The zero-order chi connectivity index (χ0) is 30.7. The van der Waals surface area contributed by atoms with Crippen molar-refractivity contribution in [2.75, 3.05) is 4.90 Å². The molecule has 46 heavy (non-hydrogen) atoms. The second kappa shape index (κ2) is 10.5. The molecule has 0 unspecified atom stereocenters. The number of furan rings is 1. The lowest BCUT2D eigenvalue weighted by atomic mass is 9.67. The Balaban J connectivity index is 1.34. The maximum absolute atomic E-state index is 6.65. The van der Waals surface area contributed by atoms with Crippen molar-refractivity contribution >= 4 is 50.6 Å². The Hall–Kier alpha value is -5.57. The first-order valence-electron chi connectivity index (χ1n) is 15.5. The number of hydrogen-bond acceptors (Lipinski definition) is 2. The van der Waals surface area contributed by atoms with Crippen LogP contribution in [0.5, 0.6) is 0 Å². The standard InChI is InChI=1S/C43H28ClNO/c44-31-16-11-18-33(28-31)45(40-25-12-22-37-36-21-6-9-26-41(36)46-42(37)40)32-17-10-15-30(27-32)43(29-13-2-1-3-14-29)38-23-7-4-19-34(38)35-20-5-8-24-39(35)43/h1-28H. The van der Waals surface area contributed by atoms with Gasteiger partial charge in [0, 0.05) is 27.2 Å². The van der Waals surface area contributed by atoms with E-state index in [4.69, 9.17) is 16.0 Å². The van der Waals surface area contributed by atoms with Gasteiger partial charge in [-0.25, -0.2) is 0 Å². The number of anilines is 3. The minimum atomic E-state index is -0.504. The van der Waals surface area contributed by atoms with Crippen LogP contribution in [0.3, 0.4) is 0 Å². The Kier molecular flexibility index (Phi) is 6.12. The molecule has 0 N–H and O–H groups in total. The maximum atomic E-state index is 6.65. The van der Waals surface area contributed by atoms with E-state index in [1.165, 1.54) is 33.4 Å². The lowest BCUT2D eigenvalue weighted by Crippen LogP contribution is -2.28. The molecule has 0 aliphatic heterocycles. The lowest BCUT2D eigenvalue weighted by molar-refractivity contribution is 0.669. The summed E-state index contributed by atoms with van der Waals surface area (Å²) in [5.41, 5.74) is 11.7. The summed E-state index contributed by atoms with van der Waals surface area (Å²) in [6.45, 7) is 0. The van der Waals surface area contributed by atoms with Crippen LogP contribution in [-0.4, -0.2) is 0 Å². The highest BCUT2D eigenvalue weighted by molar-refractivity contribution is 6.31. The van der Waals surface area contributed by atoms with E-state index in [1.54, 1.807) is 0 Å². The molecule has 0 radical (unpaired) electrons. The lowest BCUT2D eigenvalue weighted by Gasteiger charge is -2.35. The SMILES string of the molecule is Clc1cccc(N(c2cccc(C3(c4ccccc4)c4ccccc4-c4ccccc43)c2)c2cccc3c2oc2ccccc23)c1. The molecule has 0 atom stereocenters. The third-order valence-electron chi connectivity index (χ3n) is 9.39. The topological polar surface area (TPSA) is 16.4 Å². The molecule has 1 aliphatic carbocycles. The van der Waals surface area contributed by atoms with Crippen molar-refractivity contribution in [1.29, 1.82) is 0 Å². The third-order valence-corrected chi connectivity index (χ3v) is 9.62. The molecule has 1 aliphatic rings. The first kappa shape index (κ1) is 26.8. The minimum absolute atomic E-state index is 0.504. The van der Waals surface area contributed by atoms with Crippen LogP contribution in [0.4, 0.5) is 17.1 Å². The van der Waals surface area contributed by atoms with E-state index >= 15 is 0 Å². The number of rotatable bonds is 5. The third kappa shape index (κ3) is 3.90. The summed E-state index contributed by atoms with van der Waals surface area (Å²) in [5, 5.41) is 2.85. The fourth-order valence-electron chi connectivity index (χ4n) is 7.54. The summed E-state index contributed by atoms with van der Waals surface area (Å²) in [5.74, 6) is 0. The molecule has 0 amide bonds. The van der Waals surface area contributed by atoms with Crippen molar-refractivity contribution in [3.05, 3.63) is 197 Å². The molecule has 3 heteroatoms. The zero-order valence-electron chi connectivity index (χ0n) is 24.9. The van der Waals surface area contributed by atoms with Crippen LogP contribution in [-0.2, 0) is 5.41 Å². The molecule has 0 spiro atoms. The van der Waals surface area contributed by atoms with E-state index in [9.17, 15) is 0 Å². The Morgan fingerprint density at radius 2 is 1.07 bits per heavy atom. The highest BCUT2D eigenvalue weighted by Gasteiger charge is 2.46. The van der Waals surface area contributed by atoms with Gasteiger partial charge in [0.05, 0.1) is 11.1 Å². The number of nitrogens with zero attached hydrogens (tertiary/aromatic N) is 1. The number of benzene rings is 7. The fraction of sp³-hybridized carbons (Fsp3) is 0.0233. The molecule has 218 valence electrons. The van der Waals surface area contributed by atoms with E-state index in [-0.39, 0.29) is 0 Å². The molecule has 1 aromatic heterocycles. The summed E-state index contributed by atoms with van der Waals surface area (Å²) in [4.78, 5) is 2.27. The summed E-state index contributed by atoms with van der Waals surface area (Å²) < 4.78 is 6.58. The van der Waals surface area contributed by atoms with Crippen LogP contribution in [0, 0.1) is 0 Å². The Morgan fingerprint density at radius 3 is 1.83 bits per heavy atom. The molecule has 1 heterocycles. The van der Waals surface area contributed by atoms with Crippen molar-refractivity contribution in [1.82, 2.24) is 0 Å². The van der Waals surface area contributed by atoms with E-state index in [1.807, 2.05) is 30.3 Å². The summed E-state index contributed by atoms with van der Waals surface area (Å²) in [7, 11) is 0. The van der Waals surface area contributed by atoms with Crippen molar-refractivity contribution < 1.29 is 4.42 Å². The molecule has 0 saturated carbocycles. The normalized spacial score (nSPS) is 13.1. The molecular formula is C43H28ClNO. The summed E-state index contributed by atoms with van der Waals surface area (Å²) in [6.07, 6.45) is 0. The van der Waals surface area contributed by atoms with E-state index in [0.29, 0.717) is 5.02 Å². The summed E-state index contributed by atoms with van der Waals surface area (Å²) in [6, 6.07) is 60.2. The predicted molar refractivity (Wildman–Crippen MR) is 191 cm³/mol. The van der Waals surface area contributed by atoms with Crippen LogP contribution in [0.25, 0.3) is 33.1 Å². The molecule has 0 bridgehead atoms. The fourth-order valence-corrected chi connectivity index (χ4v) is 7.73. The van der Waals surface area contributed by atoms with Crippen molar-refractivity contribution in [2.24, 2.45) is 0 Å². The molecule has 2 nitrogen and oxygen atoms in total. The van der Waals surface area contributed by atoms with Gasteiger partial charge in [-0.15, -0.1) is 0 Å². The van der Waals surface area contributed by atoms with Gasteiger partial charge in [0.1, 0.15) is 5.58 Å². The second-order valence-corrected chi connectivity index (χ2v) is 12.3. The van der Waals surface area contributed by atoms with Crippen LogP contribution in [0.15, 0.2) is 174 Å². The molecule has 7 aromatic carbocycles. The van der Waals surface area contributed by atoms with Gasteiger partial charge in [-0.05, 0) is 75.8 Å². The average molecular weight is 610 g/mol. The van der Waals surface area contributed by atoms with Gasteiger partial charge in [0.2, 0.25) is 0 Å². The molecule has 9 rings (SSSR count). The van der Waals surface area contributed by atoms with Crippen molar-refractivity contribution in [3.8, 4) is 11.1 Å². The van der Waals surface area contributed by atoms with Gasteiger partial charge in [0.25, 0.3) is 0 Å². The average Bonchev–Trinajstić information content (AvgIpc) is 3.64. The smallest absolute Gasteiger partial charge is 0.159 e. The first-order chi connectivity index (χ1) is 22.7. The number of halogens is 1. The summed E-state index contributed by atoms with van der Waals surface area (Å²) >= 11 is 6.65. The monoisotopic (exact) mass is 609 g/mol. The highest BCUT2D eigenvalue weighted by atomic mass is 35.5. The van der Waals surface area contributed by atoms with Gasteiger partial charge in [-0.3, -0.25) is 0 Å². The highest BCUT2D eigenvalue weighted by Crippen LogP contribution is 2.56. The molecule has 0 saturated heterocycles. The van der Waals surface area contributed by atoms with Crippen LogP contribution in [0.1, 0.15) is 22.3 Å². The van der Waals surface area contributed by atoms with Crippen molar-refractivity contribution in [3.63, 3.8) is 0 Å². The maximum Gasteiger partial charge on any atom is 0.159 e. The van der Waals surface area contributed by atoms with Gasteiger partial charge in [-0.2, -0.15) is 0 Å². The van der Waals surface area contributed by atoms with Gasteiger partial charge in [0.15, 0.2) is 5.58 Å². The number of para-hydroxylation sites is 2. The van der Waals surface area contributed by atoms with Gasteiger partial charge < -0.3 is 9.32 Å². The van der Waals surface area contributed by atoms with E-state index in [2.05, 4.69) is 144 Å². The van der Waals surface area contributed by atoms with E-state index in [0.717, 1.165) is 39.0 Å². The Morgan fingerprint density at radius 1 is 0.478 bits per heavy atom. The second-order valence-electron chi connectivity index (χ2n) is 11.8. The van der Waals surface area contributed by atoms with Crippen LogP contribution in [0.2, 0.25) is 5.02 Å². The Labute approximate surface area is 272 Å². The van der Waals surface area contributed by atoms with Gasteiger partial charge >= 0.3 is 0 Å². The molecule has 0 fully saturated rings. The molecule has 8 aromatic rings. The largest absolute Gasteiger partial charge is 0.454 e. The van der Waals surface area contributed by atoms with E-state index < -0.39 is 5.41 Å². The quantitative estimate of drug-likeness (QED) is 0.193. The number of fused-ring (bicyclic) bond motifs is 6. The van der Waals surface area contributed by atoms with Crippen LogP contribution < -0.4 is 4.90 Å². The number of hydrogen-bond donors (Lipinski definition) is 0. The van der Waals surface area contributed by atoms with Crippen LogP contribution >= 0.6 is 11.6 Å². The Bertz CT molecular complexity index is 2360. The van der Waals surface area contributed by atoms with Crippen molar-refractivity contribution in [2.45, 2.75) is 5.41 Å². The van der Waals surface area contributed by atoms with Gasteiger partial charge in [-0.1, -0.05) is 139 Å².